The fraction of sp³-hybridized carbons (Fsp3) is 0.867. The minimum atomic E-state index is -0.373. The molecule has 1 amide bonds. The van der Waals surface area contributed by atoms with E-state index in [0.717, 1.165) is 25.7 Å². The SMILES string of the molecule is CCN(CC(C)C#N)C(=O)C1(CN)CCCCCC1. The van der Waals surface area contributed by atoms with Gasteiger partial charge < -0.3 is 10.6 Å². The second kappa shape index (κ2) is 7.49. The van der Waals surface area contributed by atoms with Crippen molar-refractivity contribution >= 4 is 5.91 Å². The first-order valence-electron chi connectivity index (χ1n) is 7.48. The van der Waals surface area contributed by atoms with Crippen LogP contribution in [0.2, 0.25) is 0 Å². The molecule has 0 aromatic heterocycles. The maximum Gasteiger partial charge on any atom is 0.230 e. The van der Waals surface area contributed by atoms with E-state index in [1.807, 2.05) is 18.7 Å². The van der Waals surface area contributed by atoms with Crippen LogP contribution in [0.15, 0.2) is 0 Å². The topological polar surface area (TPSA) is 70.1 Å². The molecule has 0 aromatic carbocycles. The molecule has 0 heterocycles. The third kappa shape index (κ3) is 3.94. The van der Waals surface area contributed by atoms with Crippen molar-refractivity contribution in [3.05, 3.63) is 0 Å². The number of hydrogen-bond acceptors (Lipinski definition) is 3. The van der Waals surface area contributed by atoms with Gasteiger partial charge in [-0.1, -0.05) is 25.7 Å². The zero-order valence-corrected chi connectivity index (χ0v) is 12.3. The van der Waals surface area contributed by atoms with Crippen LogP contribution in [-0.2, 0) is 4.79 Å². The Morgan fingerprint density at radius 2 is 1.95 bits per heavy atom. The Morgan fingerprint density at radius 1 is 1.37 bits per heavy atom. The molecule has 2 N–H and O–H groups in total. The largest absolute Gasteiger partial charge is 0.341 e. The number of nitriles is 1. The van der Waals surface area contributed by atoms with Crippen LogP contribution in [0.5, 0.6) is 0 Å². The third-order valence-electron chi connectivity index (χ3n) is 4.29. The van der Waals surface area contributed by atoms with E-state index in [4.69, 9.17) is 11.0 Å². The van der Waals surface area contributed by atoms with Gasteiger partial charge in [-0.3, -0.25) is 4.79 Å². The van der Waals surface area contributed by atoms with Gasteiger partial charge in [0.1, 0.15) is 0 Å². The van der Waals surface area contributed by atoms with Gasteiger partial charge in [0, 0.05) is 19.6 Å². The second-order valence-corrected chi connectivity index (χ2v) is 5.77. The first kappa shape index (κ1) is 16.0. The summed E-state index contributed by atoms with van der Waals surface area (Å²) in [4.78, 5) is 14.6. The lowest BCUT2D eigenvalue weighted by Gasteiger charge is -2.36. The van der Waals surface area contributed by atoms with Crippen molar-refractivity contribution in [3.63, 3.8) is 0 Å². The molecule has 1 unspecified atom stereocenters. The van der Waals surface area contributed by atoms with Crippen molar-refractivity contribution < 1.29 is 4.79 Å². The van der Waals surface area contributed by atoms with Crippen LogP contribution in [0, 0.1) is 22.7 Å². The normalized spacial score (nSPS) is 20.1. The average Bonchev–Trinajstić information content (AvgIpc) is 2.70. The average molecular weight is 265 g/mol. The van der Waals surface area contributed by atoms with E-state index >= 15 is 0 Å². The predicted octanol–water partition coefficient (Wildman–Crippen LogP) is 2.29. The lowest BCUT2D eigenvalue weighted by atomic mass is 9.79. The number of rotatable bonds is 5. The highest BCUT2D eigenvalue weighted by Crippen LogP contribution is 2.36. The molecule has 0 spiro atoms. The van der Waals surface area contributed by atoms with Gasteiger partial charge in [-0.15, -0.1) is 0 Å². The summed E-state index contributed by atoms with van der Waals surface area (Å²) in [5.41, 5.74) is 5.58. The maximum atomic E-state index is 12.8. The molecule has 1 aliphatic rings. The monoisotopic (exact) mass is 265 g/mol. The summed E-state index contributed by atoms with van der Waals surface area (Å²) < 4.78 is 0. The van der Waals surface area contributed by atoms with E-state index in [2.05, 4.69) is 6.07 Å². The minimum absolute atomic E-state index is 0.121. The van der Waals surface area contributed by atoms with Gasteiger partial charge in [-0.05, 0) is 26.7 Å². The summed E-state index contributed by atoms with van der Waals surface area (Å²) in [6.45, 7) is 5.45. The van der Waals surface area contributed by atoms with Crippen molar-refractivity contribution in [2.24, 2.45) is 17.1 Å². The molecule has 1 atom stereocenters. The predicted molar refractivity (Wildman–Crippen MR) is 76.2 cm³/mol. The Bertz CT molecular complexity index is 327. The number of carbonyl (C=O) groups excluding carboxylic acids is 1. The van der Waals surface area contributed by atoms with E-state index in [1.165, 1.54) is 12.8 Å². The molecular formula is C15H27N3O. The van der Waals surface area contributed by atoms with Crippen molar-refractivity contribution in [1.29, 1.82) is 5.26 Å². The van der Waals surface area contributed by atoms with Gasteiger partial charge in [-0.2, -0.15) is 5.26 Å². The number of nitrogens with two attached hydrogens (primary N) is 1. The smallest absolute Gasteiger partial charge is 0.230 e. The van der Waals surface area contributed by atoms with Crippen molar-refractivity contribution in [3.8, 4) is 6.07 Å². The van der Waals surface area contributed by atoms with Gasteiger partial charge in [0.05, 0.1) is 17.4 Å². The number of hydrogen-bond donors (Lipinski definition) is 1. The zero-order chi connectivity index (χ0) is 14.3. The van der Waals surface area contributed by atoms with Crippen molar-refractivity contribution in [2.75, 3.05) is 19.6 Å². The molecular weight excluding hydrogens is 238 g/mol. The number of amides is 1. The fourth-order valence-electron chi connectivity index (χ4n) is 2.97. The van der Waals surface area contributed by atoms with E-state index in [1.54, 1.807) is 0 Å². The highest BCUT2D eigenvalue weighted by atomic mass is 16.2. The zero-order valence-electron chi connectivity index (χ0n) is 12.3. The molecule has 4 nitrogen and oxygen atoms in total. The van der Waals surface area contributed by atoms with Gasteiger partial charge in [0.15, 0.2) is 0 Å². The van der Waals surface area contributed by atoms with Crippen LogP contribution in [0.1, 0.15) is 52.4 Å². The summed E-state index contributed by atoms with van der Waals surface area (Å²) in [5.74, 6) is 0.0472. The minimum Gasteiger partial charge on any atom is -0.341 e. The summed E-state index contributed by atoms with van der Waals surface area (Å²) in [6.07, 6.45) is 6.40. The Hall–Kier alpha value is -1.08. The van der Waals surface area contributed by atoms with Crippen LogP contribution < -0.4 is 5.73 Å². The van der Waals surface area contributed by atoms with E-state index in [0.29, 0.717) is 19.6 Å². The number of nitrogens with zero attached hydrogens (tertiary/aromatic N) is 2. The van der Waals surface area contributed by atoms with Crippen LogP contribution in [0.4, 0.5) is 0 Å². The number of carbonyl (C=O) groups is 1. The highest BCUT2D eigenvalue weighted by molar-refractivity contribution is 5.83. The molecule has 4 heteroatoms. The summed E-state index contributed by atoms with van der Waals surface area (Å²) in [6, 6.07) is 2.21. The van der Waals surface area contributed by atoms with E-state index < -0.39 is 0 Å². The van der Waals surface area contributed by atoms with Gasteiger partial charge in [0.2, 0.25) is 5.91 Å². The van der Waals surface area contributed by atoms with Crippen LogP contribution in [-0.4, -0.2) is 30.4 Å². The molecule has 1 aliphatic carbocycles. The molecule has 19 heavy (non-hydrogen) atoms. The highest BCUT2D eigenvalue weighted by Gasteiger charge is 2.39. The molecule has 0 aliphatic heterocycles. The molecule has 0 bridgehead atoms. The van der Waals surface area contributed by atoms with Crippen LogP contribution in [0.3, 0.4) is 0 Å². The molecule has 0 aromatic rings. The first-order valence-corrected chi connectivity index (χ1v) is 7.48. The summed E-state index contributed by atoms with van der Waals surface area (Å²) in [7, 11) is 0. The maximum absolute atomic E-state index is 12.8. The molecule has 1 saturated carbocycles. The van der Waals surface area contributed by atoms with Crippen molar-refractivity contribution in [2.45, 2.75) is 52.4 Å². The third-order valence-corrected chi connectivity index (χ3v) is 4.29. The Balaban J connectivity index is 2.82. The lowest BCUT2D eigenvalue weighted by molar-refractivity contribution is -0.142. The van der Waals surface area contributed by atoms with Gasteiger partial charge >= 0.3 is 0 Å². The van der Waals surface area contributed by atoms with Crippen LogP contribution >= 0.6 is 0 Å². The quantitative estimate of drug-likeness (QED) is 0.775. The van der Waals surface area contributed by atoms with Crippen molar-refractivity contribution in [1.82, 2.24) is 4.90 Å². The molecule has 1 fully saturated rings. The fourth-order valence-corrected chi connectivity index (χ4v) is 2.97. The molecule has 0 radical (unpaired) electrons. The Labute approximate surface area is 116 Å². The van der Waals surface area contributed by atoms with Crippen LogP contribution in [0.25, 0.3) is 0 Å². The summed E-state index contributed by atoms with van der Waals surface area (Å²) >= 11 is 0. The second-order valence-electron chi connectivity index (χ2n) is 5.77. The van der Waals surface area contributed by atoms with Gasteiger partial charge in [-0.25, -0.2) is 0 Å². The van der Waals surface area contributed by atoms with Gasteiger partial charge in [0.25, 0.3) is 0 Å². The molecule has 108 valence electrons. The Morgan fingerprint density at radius 3 is 2.37 bits per heavy atom. The van der Waals surface area contributed by atoms with E-state index in [9.17, 15) is 4.79 Å². The molecule has 1 rings (SSSR count). The lowest BCUT2D eigenvalue weighted by Crippen LogP contribution is -2.49. The Kier molecular flexibility index (Phi) is 6.30. The first-order chi connectivity index (χ1) is 9.09. The van der Waals surface area contributed by atoms with E-state index in [-0.39, 0.29) is 17.2 Å². The molecule has 0 saturated heterocycles. The standard InChI is InChI=1S/C15H27N3O/c1-3-18(11-13(2)10-16)14(19)15(12-17)8-6-4-5-7-9-15/h13H,3-9,11-12,17H2,1-2H3. The summed E-state index contributed by atoms with van der Waals surface area (Å²) in [5, 5.41) is 8.93.